The number of rotatable bonds is 6. The molecule has 0 heterocycles. The highest BCUT2D eigenvalue weighted by Gasteiger charge is 2.17. The maximum absolute atomic E-state index is 12.2. The molecule has 1 amide bonds. The van der Waals surface area contributed by atoms with Crippen LogP contribution in [0.25, 0.3) is 0 Å². The number of hydrogen-bond donors (Lipinski definition) is 2. The molecule has 0 saturated carbocycles. The van der Waals surface area contributed by atoms with Gasteiger partial charge in [0.2, 0.25) is 10.0 Å². The van der Waals surface area contributed by atoms with Crippen molar-refractivity contribution in [3.8, 4) is 5.75 Å². The highest BCUT2D eigenvalue weighted by molar-refractivity contribution is 7.92. The summed E-state index contributed by atoms with van der Waals surface area (Å²) in [7, 11) is -3.44. The van der Waals surface area contributed by atoms with E-state index >= 15 is 0 Å². The lowest BCUT2D eigenvalue weighted by molar-refractivity contribution is -0.122. The van der Waals surface area contributed by atoms with Gasteiger partial charge in [0.1, 0.15) is 5.75 Å². The third kappa shape index (κ3) is 5.30. The number of nitrogens with one attached hydrogen (secondary N) is 2. The molecular formula is C16H18N2O4S. The number of sulfonamides is 1. The molecule has 2 aromatic carbocycles. The smallest absolute Gasteiger partial charge is 0.265 e. The van der Waals surface area contributed by atoms with Crippen LogP contribution >= 0.6 is 0 Å². The number of carbonyl (C=O) groups is 1. The van der Waals surface area contributed by atoms with Crippen LogP contribution in [0.3, 0.4) is 0 Å². The molecule has 0 bridgehead atoms. The first kappa shape index (κ1) is 16.8. The van der Waals surface area contributed by atoms with Crippen LogP contribution in [-0.2, 0) is 14.8 Å². The van der Waals surface area contributed by atoms with E-state index in [4.69, 9.17) is 4.74 Å². The number of amides is 1. The summed E-state index contributed by atoms with van der Waals surface area (Å²) in [6.07, 6.45) is 0.316. The van der Waals surface area contributed by atoms with Crippen molar-refractivity contribution >= 4 is 27.3 Å². The van der Waals surface area contributed by atoms with Crippen LogP contribution in [-0.4, -0.2) is 26.7 Å². The molecule has 0 aliphatic carbocycles. The van der Waals surface area contributed by atoms with E-state index in [1.165, 1.54) is 0 Å². The third-order valence-electron chi connectivity index (χ3n) is 2.91. The minimum Gasteiger partial charge on any atom is -0.481 e. The number of benzene rings is 2. The first-order valence-corrected chi connectivity index (χ1v) is 8.84. The predicted octanol–water partition coefficient (Wildman–Crippen LogP) is 2.46. The van der Waals surface area contributed by atoms with Crippen molar-refractivity contribution in [2.45, 2.75) is 13.0 Å². The van der Waals surface area contributed by atoms with Crippen LogP contribution in [0.2, 0.25) is 0 Å². The van der Waals surface area contributed by atoms with E-state index in [1.54, 1.807) is 43.3 Å². The Hall–Kier alpha value is -2.54. The first-order chi connectivity index (χ1) is 10.8. The summed E-state index contributed by atoms with van der Waals surface area (Å²) < 4.78 is 30.6. The zero-order valence-corrected chi connectivity index (χ0v) is 13.6. The van der Waals surface area contributed by atoms with Gasteiger partial charge in [0.25, 0.3) is 5.91 Å². The van der Waals surface area contributed by atoms with Gasteiger partial charge in [-0.25, -0.2) is 8.42 Å². The Morgan fingerprint density at radius 2 is 1.57 bits per heavy atom. The Kier molecular flexibility index (Phi) is 5.23. The van der Waals surface area contributed by atoms with Gasteiger partial charge in [-0.2, -0.15) is 0 Å². The van der Waals surface area contributed by atoms with Gasteiger partial charge in [-0.05, 0) is 31.2 Å². The van der Waals surface area contributed by atoms with E-state index in [1.807, 2.05) is 18.2 Å². The van der Waals surface area contributed by atoms with Gasteiger partial charge in [0, 0.05) is 0 Å². The standard InChI is InChI=1S/C16H18N2O4S/c1-12(22-13-8-4-3-5-9-13)16(19)17-14-10-6-7-11-15(14)18-23(2,20)21/h3-12,18H,1-2H3,(H,17,19)/t12-/m1/s1. The number of para-hydroxylation sites is 3. The lowest BCUT2D eigenvalue weighted by Crippen LogP contribution is -2.30. The van der Waals surface area contributed by atoms with E-state index in [9.17, 15) is 13.2 Å². The van der Waals surface area contributed by atoms with Crippen LogP contribution in [0, 0.1) is 0 Å². The van der Waals surface area contributed by atoms with Crippen LogP contribution in [0.4, 0.5) is 11.4 Å². The largest absolute Gasteiger partial charge is 0.481 e. The lowest BCUT2D eigenvalue weighted by Gasteiger charge is -2.16. The summed E-state index contributed by atoms with van der Waals surface area (Å²) >= 11 is 0. The molecule has 0 aliphatic rings. The molecule has 2 rings (SSSR count). The summed E-state index contributed by atoms with van der Waals surface area (Å²) in [5.74, 6) is 0.203. The van der Waals surface area contributed by atoms with Gasteiger partial charge in [-0.15, -0.1) is 0 Å². The van der Waals surface area contributed by atoms with Gasteiger partial charge >= 0.3 is 0 Å². The summed E-state index contributed by atoms with van der Waals surface area (Å²) in [5.41, 5.74) is 0.668. The summed E-state index contributed by atoms with van der Waals surface area (Å²) in [6, 6.07) is 15.5. The van der Waals surface area contributed by atoms with Gasteiger partial charge < -0.3 is 10.1 Å². The van der Waals surface area contributed by atoms with Crippen LogP contribution in [0.1, 0.15) is 6.92 Å². The maximum atomic E-state index is 12.2. The van der Waals surface area contributed by atoms with Crippen molar-refractivity contribution in [1.29, 1.82) is 0 Å². The lowest BCUT2D eigenvalue weighted by atomic mass is 10.2. The molecule has 122 valence electrons. The summed E-state index contributed by atoms with van der Waals surface area (Å²) in [6.45, 7) is 1.62. The summed E-state index contributed by atoms with van der Waals surface area (Å²) in [4.78, 5) is 12.2. The fourth-order valence-electron chi connectivity index (χ4n) is 1.87. The average Bonchev–Trinajstić information content (AvgIpc) is 2.48. The molecule has 6 nitrogen and oxygen atoms in total. The van der Waals surface area contributed by atoms with Gasteiger partial charge in [0.05, 0.1) is 17.6 Å². The van der Waals surface area contributed by atoms with Crippen LogP contribution < -0.4 is 14.8 Å². The number of ether oxygens (including phenoxy) is 1. The highest BCUT2D eigenvalue weighted by Crippen LogP contribution is 2.22. The van der Waals surface area contributed by atoms with Gasteiger partial charge in [-0.1, -0.05) is 30.3 Å². The second-order valence-electron chi connectivity index (χ2n) is 4.98. The Morgan fingerprint density at radius 3 is 2.17 bits per heavy atom. The molecule has 0 fully saturated rings. The predicted molar refractivity (Wildman–Crippen MR) is 90.1 cm³/mol. The molecule has 0 spiro atoms. The van der Waals surface area contributed by atoms with Crippen molar-refractivity contribution in [2.75, 3.05) is 16.3 Å². The van der Waals surface area contributed by atoms with Crippen molar-refractivity contribution in [1.82, 2.24) is 0 Å². The second kappa shape index (κ2) is 7.15. The second-order valence-corrected chi connectivity index (χ2v) is 6.73. The fourth-order valence-corrected chi connectivity index (χ4v) is 2.45. The first-order valence-electron chi connectivity index (χ1n) is 6.94. The SMILES string of the molecule is C[C@@H](Oc1ccccc1)C(=O)Nc1ccccc1NS(C)(=O)=O. The molecule has 7 heteroatoms. The monoisotopic (exact) mass is 334 g/mol. The quantitative estimate of drug-likeness (QED) is 0.850. The van der Waals surface area contributed by atoms with E-state index in [0.29, 0.717) is 17.1 Å². The molecule has 0 aliphatic heterocycles. The van der Waals surface area contributed by atoms with E-state index in [0.717, 1.165) is 6.26 Å². The molecule has 2 aromatic rings. The minimum atomic E-state index is -3.44. The Balaban J connectivity index is 2.08. The van der Waals surface area contributed by atoms with E-state index in [2.05, 4.69) is 10.0 Å². The molecule has 0 unspecified atom stereocenters. The van der Waals surface area contributed by atoms with Crippen LogP contribution in [0.15, 0.2) is 54.6 Å². The van der Waals surface area contributed by atoms with Gasteiger partial charge in [-0.3, -0.25) is 9.52 Å². The van der Waals surface area contributed by atoms with E-state index < -0.39 is 16.1 Å². The van der Waals surface area contributed by atoms with Crippen molar-refractivity contribution in [3.05, 3.63) is 54.6 Å². The maximum Gasteiger partial charge on any atom is 0.265 e. The number of anilines is 2. The number of hydrogen-bond acceptors (Lipinski definition) is 4. The molecule has 23 heavy (non-hydrogen) atoms. The molecule has 0 radical (unpaired) electrons. The van der Waals surface area contributed by atoms with E-state index in [-0.39, 0.29) is 5.91 Å². The molecule has 2 N–H and O–H groups in total. The Bertz CT molecular complexity index is 776. The summed E-state index contributed by atoms with van der Waals surface area (Å²) in [5, 5.41) is 2.66. The molecule has 1 atom stereocenters. The topological polar surface area (TPSA) is 84.5 Å². The normalized spacial score (nSPS) is 12.3. The third-order valence-corrected chi connectivity index (χ3v) is 3.50. The molecular weight excluding hydrogens is 316 g/mol. The Labute approximate surface area is 135 Å². The molecule has 0 aromatic heterocycles. The average molecular weight is 334 g/mol. The van der Waals surface area contributed by atoms with Gasteiger partial charge in [0.15, 0.2) is 6.10 Å². The number of carbonyl (C=O) groups excluding carboxylic acids is 1. The fraction of sp³-hybridized carbons (Fsp3) is 0.188. The van der Waals surface area contributed by atoms with Crippen LogP contribution in [0.5, 0.6) is 5.75 Å². The molecule has 0 saturated heterocycles. The van der Waals surface area contributed by atoms with Crippen molar-refractivity contribution in [3.63, 3.8) is 0 Å². The zero-order chi connectivity index (χ0) is 16.9. The van der Waals surface area contributed by atoms with Crippen molar-refractivity contribution in [2.24, 2.45) is 0 Å². The minimum absolute atomic E-state index is 0.301. The zero-order valence-electron chi connectivity index (χ0n) is 12.8. The van der Waals surface area contributed by atoms with Crippen molar-refractivity contribution < 1.29 is 17.9 Å². The highest BCUT2D eigenvalue weighted by atomic mass is 32.2. The Morgan fingerprint density at radius 1 is 1.00 bits per heavy atom.